The van der Waals surface area contributed by atoms with Crippen LogP contribution in [-0.4, -0.2) is 25.1 Å². The molecule has 0 aliphatic rings. The maximum atomic E-state index is 11.1. The molecule has 0 amide bonds. The molecule has 0 aliphatic heterocycles. The Morgan fingerprint density at radius 3 is 2.39 bits per heavy atom. The van der Waals surface area contributed by atoms with E-state index in [9.17, 15) is 4.79 Å². The van der Waals surface area contributed by atoms with Crippen LogP contribution in [0.5, 0.6) is 11.5 Å². The van der Waals surface area contributed by atoms with Crippen molar-refractivity contribution < 1.29 is 14.3 Å². The van der Waals surface area contributed by atoms with Gasteiger partial charge >= 0.3 is 0 Å². The van der Waals surface area contributed by atoms with Crippen LogP contribution < -0.4 is 9.47 Å². The van der Waals surface area contributed by atoms with E-state index in [1.165, 1.54) is 7.11 Å². The van der Waals surface area contributed by atoms with Crippen LogP contribution in [0.25, 0.3) is 11.3 Å². The number of ether oxygens (including phenoxy) is 2. The van der Waals surface area contributed by atoms with Crippen molar-refractivity contribution in [2.24, 2.45) is 7.05 Å². The van der Waals surface area contributed by atoms with E-state index < -0.39 is 0 Å². The van der Waals surface area contributed by atoms with Crippen LogP contribution in [0, 0.1) is 0 Å². The summed E-state index contributed by atoms with van der Waals surface area (Å²) in [6.45, 7) is 0. The third kappa shape index (κ3) is 1.97. The lowest BCUT2D eigenvalue weighted by molar-refractivity contribution is 0.112. The number of carbonyl (C=O) groups excluding carboxylic acids is 1. The SMILES string of the molecule is COc1cc(OC)c(-c2cccn2C)cc1C=O. The zero-order chi connectivity index (χ0) is 13.1. The van der Waals surface area contributed by atoms with E-state index >= 15 is 0 Å². The summed E-state index contributed by atoms with van der Waals surface area (Å²) in [7, 11) is 5.07. The van der Waals surface area contributed by atoms with Crippen molar-refractivity contribution in [3.63, 3.8) is 0 Å². The quantitative estimate of drug-likeness (QED) is 0.777. The van der Waals surface area contributed by atoms with Crippen molar-refractivity contribution in [1.29, 1.82) is 0 Å². The first kappa shape index (κ1) is 12.2. The molecular weight excluding hydrogens is 230 g/mol. The first-order valence-electron chi connectivity index (χ1n) is 5.54. The Morgan fingerprint density at radius 1 is 1.17 bits per heavy atom. The molecule has 2 aromatic rings. The first-order chi connectivity index (χ1) is 8.71. The molecule has 0 radical (unpaired) electrons. The standard InChI is InChI=1S/C14H15NO3/c1-15-6-4-5-12(15)11-7-10(9-16)13(17-2)8-14(11)18-3/h4-9H,1-3H3. The largest absolute Gasteiger partial charge is 0.496 e. The van der Waals surface area contributed by atoms with Crippen molar-refractivity contribution in [2.45, 2.75) is 0 Å². The van der Waals surface area contributed by atoms with Gasteiger partial charge in [0.25, 0.3) is 0 Å². The highest BCUT2D eigenvalue weighted by Gasteiger charge is 2.13. The van der Waals surface area contributed by atoms with Crippen molar-refractivity contribution in [1.82, 2.24) is 4.57 Å². The smallest absolute Gasteiger partial charge is 0.153 e. The van der Waals surface area contributed by atoms with Gasteiger partial charge in [-0.15, -0.1) is 0 Å². The lowest BCUT2D eigenvalue weighted by atomic mass is 10.1. The molecule has 0 aliphatic carbocycles. The highest BCUT2D eigenvalue weighted by molar-refractivity contribution is 5.85. The molecule has 0 saturated carbocycles. The number of carbonyl (C=O) groups is 1. The van der Waals surface area contributed by atoms with Crippen LogP contribution in [0.3, 0.4) is 0 Å². The van der Waals surface area contributed by atoms with E-state index in [1.807, 2.05) is 29.9 Å². The fourth-order valence-corrected chi connectivity index (χ4v) is 1.96. The Labute approximate surface area is 106 Å². The summed E-state index contributed by atoms with van der Waals surface area (Å²) >= 11 is 0. The molecule has 4 nitrogen and oxygen atoms in total. The van der Waals surface area contributed by atoms with E-state index in [-0.39, 0.29) is 0 Å². The average molecular weight is 245 g/mol. The molecule has 94 valence electrons. The van der Waals surface area contributed by atoms with Gasteiger partial charge in [-0.25, -0.2) is 0 Å². The van der Waals surface area contributed by atoms with Crippen molar-refractivity contribution in [2.75, 3.05) is 14.2 Å². The lowest BCUT2D eigenvalue weighted by Gasteiger charge is -2.13. The highest BCUT2D eigenvalue weighted by atomic mass is 16.5. The van der Waals surface area contributed by atoms with Crippen molar-refractivity contribution >= 4 is 6.29 Å². The summed E-state index contributed by atoms with van der Waals surface area (Å²) in [5.41, 5.74) is 2.36. The fourth-order valence-electron chi connectivity index (χ4n) is 1.96. The van der Waals surface area contributed by atoms with Gasteiger partial charge in [-0.05, 0) is 18.2 Å². The fraction of sp³-hybridized carbons (Fsp3) is 0.214. The molecule has 0 fully saturated rings. The van der Waals surface area contributed by atoms with Gasteiger partial charge in [0.1, 0.15) is 11.5 Å². The maximum absolute atomic E-state index is 11.1. The van der Waals surface area contributed by atoms with Gasteiger partial charge in [-0.3, -0.25) is 4.79 Å². The molecule has 1 heterocycles. The number of rotatable bonds is 4. The second kappa shape index (κ2) is 4.96. The van der Waals surface area contributed by atoms with Crippen molar-refractivity contribution in [3.8, 4) is 22.8 Å². The molecule has 0 unspecified atom stereocenters. The van der Waals surface area contributed by atoms with Gasteiger partial charge in [-0.2, -0.15) is 0 Å². The van der Waals surface area contributed by atoms with E-state index in [4.69, 9.17) is 9.47 Å². The van der Waals surface area contributed by atoms with Gasteiger partial charge in [0, 0.05) is 24.9 Å². The number of nitrogens with zero attached hydrogens (tertiary/aromatic N) is 1. The third-order valence-corrected chi connectivity index (χ3v) is 2.90. The number of aryl methyl sites for hydroxylation is 1. The topological polar surface area (TPSA) is 40.5 Å². The molecule has 0 saturated heterocycles. The summed E-state index contributed by atoms with van der Waals surface area (Å²) in [5.74, 6) is 1.19. The molecule has 2 rings (SSSR count). The second-order valence-corrected chi connectivity index (χ2v) is 3.92. The minimum Gasteiger partial charge on any atom is -0.496 e. The van der Waals surface area contributed by atoms with Crippen LogP contribution in [0.2, 0.25) is 0 Å². The first-order valence-corrected chi connectivity index (χ1v) is 5.54. The molecule has 18 heavy (non-hydrogen) atoms. The van der Waals surface area contributed by atoms with E-state index in [0.717, 1.165) is 17.5 Å². The second-order valence-electron chi connectivity index (χ2n) is 3.92. The summed E-state index contributed by atoms with van der Waals surface area (Å²) < 4.78 is 12.5. The van der Waals surface area contributed by atoms with Crippen LogP contribution in [0.15, 0.2) is 30.5 Å². The summed E-state index contributed by atoms with van der Waals surface area (Å²) in [6.07, 6.45) is 2.73. The van der Waals surface area contributed by atoms with Crippen LogP contribution in [0.4, 0.5) is 0 Å². The number of hydrogen-bond donors (Lipinski definition) is 0. The van der Waals surface area contributed by atoms with Crippen LogP contribution >= 0.6 is 0 Å². The molecule has 0 spiro atoms. The summed E-state index contributed by atoms with van der Waals surface area (Å²) in [4.78, 5) is 11.1. The zero-order valence-electron chi connectivity index (χ0n) is 10.6. The molecule has 1 aromatic carbocycles. The van der Waals surface area contributed by atoms with Gasteiger partial charge in [0.15, 0.2) is 6.29 Å². The average Bonchev–Trinajstić information content (AvgIpc) is 2.83. The Balaban J connectivity index is 2.66. The summed E-state index contributed by atoms with van der Waals surface area (Å²) in [6, 6.07) is 7.42. The Hall–Kier alpha value is -2.23. The van der Waals surface area contributed by atoms with Gasteiger partial charge in [-0.1, -0.05) is 0 Å². The van der Waals surface area contributed by atoms with Crippen molar-refractivity contribution in [3.05, 3.63) is 36.0 Å². The van der Waals surface area contributed by atoms with Gasteiger partial charge < -0.3 is 14.0 Å². The molecular formula is C14H15NO3. The van der Waals surface area contributed by atoms with Gasteiger partial charge in [0.2, 0.25) is 0 Å². The predicted molar refractivity (Wildman–Crippen MR) is 69.3 cm³/mol. The van der Waals surface area contributed by atoms with Crippen LogP contribution in [-0.2, 0) is 7.05 Å². The number of benzene rings is 1. The monoisotopic (exact) mass is 245 g/mol. The minimum absolute atomic E-state index is 0.509. The number of methoxy groups -OCH3 is 2. The van der Waals surface area contributed by atoms with E-state index in [0.29, 0.717) is 17.1 Å². The minimum atomic E-state index is 0.509. The molecule has 0 atom stereocenters. The van der Waals surface area contributed by atoms with E-state index in [1.54, 1.807) is 19.2 Å². The Bertz CT molecular complexity index is 572. The summed E-state index contributed by atoms with van der Waals surface area (Å²) in [5, 5.41) is 0. The number of aromatic nitrogens is 1. The Morgan fingerprint density at radius 2 is 1.89 bits per heavy atom. The normalized spacial score (nSPS) is 10.2. The highest BCUT2D eigenvalue weighted by Crippen LogP contribution is 2.35. The maximum Gasteiger partial charge on any atom is 0.153 e. The molecule has 1 aromatic heterocycles. The van der Waals surface area contributed by atoms with E-state index in [2.05, 4.69) is 0 Å². The Kier molecular flexibility index (Phi) is 3.37. The third-order valence-electron chi connectivity index (χ3n) is 2.90. The van der Waals surface area contributed by atoms with Crippen LogP contribution in [0.1, 0.15) is 10.4 Å². The molecule has 4 heteroatoms. The lowest BCUT2D eigenvalue weighted by Crippen LogP contribution is -1.97. The zero-order valence-corrected chi connectivity index (χ0v) is 10.6. The molecule has 0 N–H and O–H groups in total. The number of aldehydes is 1. The predicted octanol–water partition coefficient (Wildman–Crippen LogP) is 2.52. The molecule has 0 bridgehead atoms. The van der Waals surface area contributed by atoms with Gasteiger partial charge in [0.05, 0.1) is 25.5 Å². The number of hydrogen-bond acceptors (Lipinski definition) is 3.